The molecule has 1 aliphatic rings. The number of carbonyl (C=O) groups excluding carboxylic acids is 2. The van der Waals surface area contributed by atoms with E-state index in [9.17, 15) is 9.59 Å². The van der Waals surface area contributed by atoms with E-state index in [0.29, 0.717) is 50.6 Å². The van der Waals surface area contributed by atoms with Gasteiger partial charge in [-0.2, -0.15) is 0 Å². The number of pyridine rings is 1. The van der Waals surface area contributed by atoms with Gasteiger partial charge in [-0.05, 0) is 31.4 Å². The fourth-order valence-electron chi connectivity index (χ4n) is 4.23. The van der Waals surface area contributed by atoms with Gasteiger partial charge in [0.1, 0.15) is 5.69 Å². The molecule has 2 amide bonds. The predicted octanol–water partition coefficient (Wildman–Crippen LogP) is 1.30. The van der Waals surface area contributed by atoms with E-state index in [1.165, 1.54) is 18.6 Å². The summed E-state index contributed by atoms with van der Waals surface area (Å²) in [7, 11) is 3.44. The molecule has 0 N–H and O–H groups in total. The third-order valence-corrected chi connectivity index (χ3v) is 6.01. The van der Waals surface area contributed by atoms with Crippen molar-refractivity contribution in [3.63, 3.8) is 0 Å². The molecule has 10 heteroatoms. The van der Waals surface area contributed by atoms with Gasteiger partial charge >= 0.3 is 0 Å². The van der Waals surface area contributed by atoms with Gasteiger partial charge in [-0.15, -0.1) is 5.10 Å². The van der Waals surface area contributed by atoms with Crippen LogP contribution in [0.3, 0.4) is 0 Å². The number of carbonyl (C=O) groups is 2. The van der Waals surface area contributed by atoms with E-state index >= 15 is 0 Å². The van der Waals surface area contributed by atoms with Crippen LogP contribution in [0.15, 0.2) is 18.6 Å². The number of aryl methyl sites for hydroxylation is 3. The Hall–Kier alpha value is -3.56. The number of nitrogens with zero attached hydrogens (tertiary/aromatic N) is 7. The van der Waals surface area contributed by atoms with E-state index < -0.39 is 0 Å². The molecule has 3 aromatic heterocycles. The van der Waals surface area contributed by atoms with Crippen LogP contribution in [0.5, 0.6) is 5.88 Å². The van der Waals surface area contributed by atoms with Crippen molar-refractivity contribution in [2.75, 3.05) is 33.3 Å². The summed E-state index contributed by atoms with van der Waals surface area (Å²) < 4.78 is 7.13. The summed E-state index contributed by atoms with van der Waals surface area (Å²) in [5.41, 5.74) is 4.09. The fourth-order valence-corrected chi connectivity index (χ4v) is 4.23. The lowest BCUT2D eigenvalue weighted by atomic mass is 10.00. The van der Waals surface area contributed by atoms with Gasteiger partial charge < -0.3 is 14.5 Å². The number of rotatable bonds is 5. The van der Waals surface area contributed by atoms with Crippen LogP contribution in [-0.4, -0.2) is 79.6 Å². The van der Waals surface area contributed by atoms with Crippen LogP contribution < -0.4 is 4.74 Å². The van der Waals surface area contributed by atoms with Crippen LogP contribution in [0.1, 0.15) is 33.7 Å². The molecule has 3 aromatic rings. The van der Waals surface area contributed by atoms with Crippen molar-refractivity contribution in [1.82, 2.24) is 34.5 Å². The minimum Gasteiger partial charge on any atom is -0.479 e. The minimum absolute atomic E-state index is 0.0775. The summed E-state index contributed by atoms with van der Waals surface area (Å²) in [5, 5.41) is 5.27. The fraction of sp³-hybridized carbons (Fsp3) is 0.455. The molecule has 1 aliphatic heterocycles. The van der Waals surface area contributed by atoms with Gasteiger partial charge in [-0.25, -0.2) is 14.6 Å². The number of hydrogen-bond acceptors (Lipinski definition) is 7. The molecule has 0 radical (unpaired) electrons. The highest BCUT2D eigenvalue weighted by Crippen LogP contribution is 2.30. The zero-order valence-corrected chi connectivity index (χ0v) is 18.8. The summed E-state index contributed by atoms with van der Waals surface area (Å²) in [6.07, 6.45) is 5.48. The topological polar surface area (TPSA) is 106 Å². The van der Waals surface area contributed by atoms with E-state index in [1.54, 1.807) is 16.7 Å². The maximum absolute atomic E-state index is 12.9. The highest BCUT2D eigenvalue weighted by Gasteiger charge is 2.26. The number of ether oxygens (including phenoxy) is 1. The molecule has 1 fully saturated rings. The Labute approximate surface area is 186 Å². The van der Waals surface area contributed by atoms with E-state index in [2.05, 4.69) is 15.1 Å². The highest BCUT2D eigenvalue weighted by atomic mass is 16.5. The Morgan fingerprint density at radius 3 is 2.47 bits per heavy atom. The second-order valence-corrected chi connectivity index (χ2v) is 7.90. The standard InChI is InChI=1S/C22H27N7O3/c1-14-16(15(2)25-20-19(14)21(32-4)26-27(20)3)5-6-18(30)28-9-11-29(12-10-28)22(31)17-13-23-7-8-24-17/h7-8,13H,5-6,9-12H2,1-4H3. The van der Waals surface area contributed by atoms with E-state index in [1.807, 2.05) is 25.8 Å². The first-order valence-corrected chi connectivity index (χ1v) is 10.6. The number of hydrogen-bond donors (Lipinski definition) is 0. The van der Waals surface area contributed by atoms with Crippen molar-refractivity contribution in [2.24, 2.45) is 7.05 Å². The summed E-state index contributed by atoms with van der Waals surface area (Å²) in [4.78, 5) is 41.6. The van der Waals surface area contributed by atoms with Crippen LogP contribution in [0, 0.1) is 13.8 Å². The minimum atomic E-state index is -0.152. The average molecular weight is 438 g/mol. The quantitative estimate of drug-likeness (QED) is 0.592. The van der Waals surface area contributed by atoms with Crippen LogP contribution >= 0.6 is 0 Å². The Balaban J connectivity index is 1.39. The second kappa shape index (κ2) is 8.89. The summed E-state index contributed by atoms with van der Waals surface area (Å²) in [6.45, 7) is 5.98. The molecule has 32 heavy (non-hydrogen) atoms. The van der Waals surface area contributed by atoms with Gasteiger partial charge in [0, 0.05) is 57.7 Å². The van der Waals surface area contributed by atoms with Gasteiger partial charge in [0.2, 0.25) is 11.8 Å². The van der Waals surface area contributed by atoms with E-state index in [0.717, 1.165) is 27.9 Å². The average Bonchev–Trinajstić information content (AvgIpc) is 3.14. The summed E-state index contributed by atoms with van der Waals surface area (Å²) >= 11 is 0. The molecular formula is C22H27N7O3. The molecule has 4 rings (SSSR count). The highest BCUT2D eigenvalue weighted by molar-refractivity contribution is 5.92. The van der Waals surface area contributed by atoms with Crippen LogP contribution in [0.4, 0.5) is 0 Å². The van der Waals surface area contributed by atoms with E-state index in [4.69, 9.17) is 9.72 Å². The largest absolute Gasteiger partial charge is 0.479 e. The normalized spacial score (nSPS) is 14.1. The summed E-state index contributed by atoms with van der Waals surface area (Å²) in [5.74, 6) is 0.471. The SMILES string of the molecule is COc1nn(C)c2nc(C)c(CCC(=O)N3CCN(C(=O)c4cnccn4)CC3)c(C)c12. The zero-order chi connectivity index (χ0) is 22.8. The lowest BCUT2D eigenvalue weighted by Crippen LogP contribution is -2.50. The molecule has 0 atom stereocenters. The third-order valence-electron chi connectivity index (χ3n) is 6.01. The molecule has 0 aromatic carbocycles. The van der Waals surface area contributed by atoms with Gasteiger partial charge in [0.15, 0.2) is 5.65 Å². The Morgan fingerprint density at radius 1 is 1.09 bits per heavy atom. The third kappa shape index (κ3) is 4.00. The van der Waals surface area contributed by atoms with Crippen molar-refractivity contribution >= 4 is 22.8 Å². The van der Waals surface area contributed by atoms with Crippen molar-refractivity contribution < 1.29 is 14.3 Å². The monoisotopic (exact) mass is 437 g/mol. The number of aromatic nitrogens is 5. The van der Waals surface area contributed by atoms with Crippen LogP contribution in [0.2, 0.25) is 0 Å². The molecule has 4 heterocycles. The second-order valence-electron chi connectivity index (χ2n) is 7.90. The Bertz CT molecular complexity index is 1150. The van der Waals surface area contributed by atoms with Crippen molar-refractivity contribution in [3.8, 4) is 5.88 Å². The van der Waals surface area contributed by atoms with Crippen LogP contribution in [0.25, 0.3) is 11.0 Å². The van der Waals surface area contributed by atoms with Crippen molar-refractivity contribution in [1.29, 1.82) is 0 Å². The first-order chi connectivity index (χ1) is 15.4. The van der Waals surface area contributed by atoms with Gasteiger partial charge in [-0.1, -0.05) is 0 Å². The molecule has 1 saturated heterocycles. The number of amides is 2. The molecule has 0 aliphatic carbocycles. The molecule has 0 spiro atoms. The summed E-state index contributed by atoms with van der Waals surface area (Å²) in [6, 6.07) is 0. The number of piperazine rings is 1. The first-order valence-electron chi connectivity index (χ1n) is 10.6. The number of fused-ring (bicyclic) bond motifs is 1. The Kier molecular flexibility index (Phi) is 6.02. The molecule has 168 valence electrons. The first kappa shape index (κ1) is 21.7. The predicted molar refractivity (Wildman–Crippen MR) is 117 cm³/mol. The molecular weight excluding hydrogens is 410 g/mol. The molecule has 0 saturated carbocycles. The molecule has 10 nitrogen and oxygen atoms in total. The Morgan fingerprint density at radius 2 is 1.81 bits per heavy atom. The zero-order valence-electron chi connectivity index (χ0n) is 18.8. The van der Waals surface area contributed by atoms with Gasteiger partial charge in [0.05, 0.1) is 18.7 Å². The van der Waals surface area contributed by atoms with Crippen LogP contribution in [-0.2, 0) is 18.3 Å². The maximum atomic E-state index is 12.9. The number of methoxy groups -OCH3 is 1. The van der Waals surface area contributed by atoms with Gasteiger partial charge in [-0.3, -0.25) is 14.6 Å². The lowest BCUT2D eigenvalue weighted by molar-refractivity contribution is -0.132. The molecule has 0 bridgehead atoms. The van der Waals surface area contributed by atoms with Gasteiger partial charge in [0.25, 0.3) is 5.91 Å². The molecule has 0 unspecified atom stereocenters. The van der Waals surface area contributed by atoms with Crippen molar-refractivity contribution in [2.45, 2.75) is 26.7 Å². The lowest BCUT2D eigenvalue weighted by Gasteiger charge is -2.34. The smallest absolute Gasteiger partial charge is 0.274 e. The van der Waals surface area contributed by atoms with Crippen molar-refractivity contribution in [3.05, 3.63) is 41.1 Å². The van der Waals surface area contributed by atoms with E-state index in [-0.39, 0.29) is 11.8 Å². The maximum Gasteiger partial charge on any atom is 0.274 e.